The summed E-state index contributed by atoms with van der Waals surface area (Å²) in [6, 6.07) is 13.9. The second-order valence-electron chi connectivity index (χ2n) is 4.65. The van der Waals surface area contributed by atoms with E-state index in [1.807, 2.05) is 42.5 Å². The SMILES string of the molecule is O=C(CCl)NCCNC(=O)Cc1cccc2ccccc12. The molecular weight excluding hydrogens is 288 g/mol. The molecule has 2 N–H and O–H groups in total. The molecule has 0 aliphatic heterocycles. The number of carbonyl (C=O) groups is 2. The molecule has 0 radical (unpaired) electrons. The molecule has 0 unspecified atom stereocenters. The molecule has 0 aliphatic rings. The lowest BCUT2D eigenvalue weighted by Crippen LogP contribution is -2.35. The van der Waals surface area contributed by atoms with Crippen molar-refractivity contribution in [3.63, 3.8) is 0 Å². The first kappa shape index (κ1) is 15.3. The molecule has 0 bridgehead atoms. The molecule has 5 heteroatoms. The Morgan fingerprint density at radius 1 is 0.905 bits per heavy atom. The third kappa shape index (κ3) is 4.46. The van der Waals surface area contributed by atoms with Gasteiger partial charge in [-0.3, -0.25) is 9.59 Å². The summed E-state index contributed by atoms with van der Waals surface area (Å²) in [5, 5.41) is 7.59. The van der Waals surface area contributed by atoms with Gasteiger partial charge in [-0.05, 0) is 16.3 Å². The van der Waals surface area contributed by atoms with E-state index in [0.29, 0.717) is 19.5 Å². The minimum Gasteiger partial charge on any atom is -0.354 e. The van der Waals surface area contributed by atoms with Crippen LogP contribution >= 0.6 is 11.6 Å². The minimum atomic E-state index is -0.236. The van der Waals surface area contributed by atoms with Gasteiger partial charge < -0.3 is 10.6 Å². The first-order valence-electron chi connectivity index (χ1n) is 6.76. The van der Waals surface area contributed by atoms with Crippen LogP contribution in [0.2, 0.25) is 0 Å². The van der Waals surface area contributed by atoms with E-state index in [0.717, 1.165) is 16.3 Å². The number of halogens is 1. The van der Waals surface area contributed by atoms with Crippen LogP contribution in [0.1, 0.15) is 5.56 Å². The maximum atomic E-state index is 11.9. The molecule has 0 aliphatic carbocycles. The third-order valence-electron chi connectivity index (χ3n) is 3.12. The molecule has 110 valence electrons. The third-order valence-corrected chi connectivity index (χ3v) is 3.36. The number of carbonyl (C=O) groups excluding carboxylic acids is 2. The summed E-state index contributed by atoms with van der Waals surface area (Å²) < 4.78 is 0. The summed E-state index contributed by atoms with van der Waals surface area (Å²) >= 11 is 5.36. The van der Waals surface area contributed by atoms with Crippen molar-refractivity contribution in [3.8, 4) is 0 Å². The lowest BCUT2D eigenvalue weighted by Gasteiger charge is -2.08. The number of amides is 2. The van der Waals surface area contributed by atoms with Gasteiger partial charge in [-0.1, -0.05) is 42.5 Å². The summed E-state index contributed by atoms with van der Waals surface area (Å²) in [6.45, 7) is 0.777. The normalized spacial score (nSPS) is 10.3. The molecule has 4 nitrogen and oxygen atoms in total. The summed E-state index contributed by atoms with van der Waals surface area (Å²) in [5.41, 5.74) is 0.996. The maximum Gasteiger partial charge on any atom is 0.234 e. The van der Waals surface area contributed by atoms with Crippen molar-refractivity contribution in [3.05, 3.63) is 48.0 Å². The summed E-state index contributed by atoms with van der Waals surface area (Å²) in [4.78, 5) is 22.9. The smallest absolute Gasteiger partial charge is 0.234 e. The van der Waals surface area contributed by atoms with Crippen molar-refractivity contribution in [2.75, 3.05) is 19.0 Å². The number of fused-ring (bicyclic) bond motifs is 1. The molecule has 0 aromatic heterocycles. The predicted octanol–water partition coefficient (Wildman–Crippen LogP) is 1.85. The monoisotopic (exact) mass is 304 g/mol. The van der Waals surface area contributed by atoms with Crippen LogP contribution in [0.25, 0.3) is 10.8 Å². The average Bonchev–Trinajstić information content (AvgIpc) is 2.51. The number of nitrogens with one attached hydrogen (secondary N) is 2. The molecule has 0 atom stereocenters. The number of alkyl halides is 1. The van der Waals surface area contributed by atoms with Crippen LogP contribution in [0.5, 0.6) is 0 Å². The largest absolute Gasteiger partial charge is 0.354 e. The highest BCUT2D eigenvalue weighted by Crippen LogP contribution is 2.18. The Bertz CT molecular complexity index is 638. The Morgan fingerprint density at radius 3 is 2.33 bits per heavy atom. The molecule has 0 saturated carbocycles. The van der Waals surface area contributed by atoms with E-state index < -0.39 is 0 Å². The van der Waals surface area contributed by atoms with E-state index in [9.17, 15) is 9.59 Å². The van der Waals surface area contributed by atoms with Crippen molar-refractivity contribution < 1.29 is 9.59 Å². The first-order chi connectivity index (χ1) is 10.2. The van der Waals surface area contributed by atoms with Gasteiger partial charge in [-0.15, -0.1) is 11.6 Å². The maximum absolute atomic E-state index is 11.9. The molecule has 0 fully saturated rings. The van der Waals surface area contributed by atoms with Gasteiger partial charge in [0.25, 0.3) is 0 Å². The van der Waals surface area contributed by atoms with Crippen molar-refractivity contribution >= 4 is 34.2 Å². The molecule has 0 spiro atoms. The second-order valence-corrected chi connectivity index (χ2v) is 4.92. The molecule has 0 heterocycles. The van der Waals surface area contributed by atoms with Gasteiger partial charge in [0, 0.05) is 13.1 Å². The van der Waals surface area contributed by atoms with Gasteiger partial charge in [0.2, 0.25) is 11.8 Å². The Kier molecular flexibility index (Phi) is 5.58. The van der Waals surface area contributed by atoms with Crippen LogP contribution in [0.4, 0.5) is 0 Å². The standard InChI is InChI=1S/C16H17ClN2O2/c17-11-16(21)19-9-8-18-15(20)10-13-6-3-5-12-4-1-2-7-14(12)13/h1-7H,8-11H2,(H,18,20)(H,19,21). The van der Waals surface area contributed by atoms with Crippen LogP contribution in [0.15, 0.2) is 42.5 Å². The highest BCUT2D eigenvalue weighted by Gasteiger charge is 2.06. The van der Waals surface area contributed by atoms with Crippen LogP contribution < -0.4 is 10.6 Å². The number of hydrogen-bond donors (Lipinski definition) is 2. The van der Waals surface area contributed by atoms with E-state index in [1.54, 1.807) is 0 Å². The molecule has 0 saturated heterocycles. The van der Waals surface area contributed by atoms with Crippen LogP contribution in [0.3, 0.4) is 0 Å². The second kappa shape index (κ2) is 7.64. The summed E-state index contributed by atoms with van der Waals surface area (Å²) in [7, 11) is 0. The fourth-order valence-electron chi connectivity index (χ4n) is 2.13. The quantitative estimate of drug-likeness (QED) is 0.632. The van der Waals surface area contributed by atoms with Gasteiger partial charge >= 0.3 is 0 Å². The lowest BCUT2D eigenvalue weighted by atomic mass is 10.0. The van der Waals surface area contributed by atoms with Gasteiger partial charge in [-0.25, -0.2) is 0 Å². The highest BCUT2D eigenvalue weighted by molar-refractivity contribution is 6.27. The predicted molar refractivity (Wildman–Crippen MR) is 84.4 cm³/mol. The number of hydrogen-bond acceptors (Lipinski definition) is 2. The molecule has 2 aromatic rings. The van der Waals surface area contributed by atoms with Crippen LogP contribution in [-0.4, -0.2) is 30.8 Å². The van der Waals surface area contributed by atoms with Gasteiger partial charge in [0.1, 0.15) is 5.88 Å². The van der Waals surface area contributed by atoms with Gasteiger partial charge in [0.05, 0.1) is 6.42 Å². The van der Waals surface area contributed by atoms with E-state index in [-0.39, 0.29) is 17.7 Å². The minimum absolute atomic E-state index is 0.0634. The fourth-order valence-corrected chi connectivity index (χ4v) is 2.23. The molecule has 2 rings (SSSR count). The topological polar surface area (TPSA) is 58.2 Å². The van der Waals surface area contributed by atoms with Crippen molar-refractivity contribution in [2.24, 2.45) is 0 Å². The van der Waals surface area contributed by atoms with Crippen LogP contribution in [-0.2, 0) is 16.0 Å². The molecule has 2 aromatic carbocycles. The van der Waals surface area contributed by atoms with Gasteiger partial charge in [-0.2, -0.15) is 0 Å². The molecule has 21 heavy (non-hydrogen) atoms. The Labute approximate surface area is 128 Å². The number of benzene rings is 2. The van der Waals surface area contributed by atoms with Crippen molar-refractivity contribution in [1.82, 2.24) is 10.6 Å². The zero-order chi connectivity index (χ0) is 15.1. The highest BCUT2D eigenvalue weighted by atomic mass is 35.5. The molecular formula is C16H17ClN2O2. The Hall–Kier alpha value is -2.07. The zero-order valence-electron chi connectivity index (χ0n) is 11.6. The van der Waals surface area contributed by atoms with Crippen molar-refractivity contribution in [2.45, 2.75) is 6.42 Å². The molecule has 2 amide bonds. The summed E-state index contributed by atoms with van der Waals surface area (Å²) in [5.74, 6) is -0.365. The zero-order valence-corrected chi connectivity index (χ0v) is 12.3. The van der Waals surface area contributed by atoms with E-state index in [4.69, 9.17) is 11.6 Å². The number of rotatable bonds is 6. The lowest BCUT2D eigenvalue weighted by molar-refractivity contribution is -0.121. The van der Waals surface area contributed by atoms with E-state index >= 15 is 0 Å². The summed E-state index contributed by atoms with van der Waals surface area (Å²) in [6.07, 6.45) is 0.324. The Balaban J connectivity index is 1.88. The van der Waals surface area contributed by atoms with E-state index in [2.05, 4.69) is 10.6 Å². The van der Waals surface area contributed by atoms with E-state index in [1.165, 1.54) is 0 Å². The van der Waals surface area contributed by atoms with Gasteiger partial charge in [0.15, 0.2) is 0 Å². The Morgan fingerprint density at radius 2 is 1.57 bits per heavy atom. The first-order valence-corrected chi connectivity index (χ1v) is 7.30. The van der Waals surface area contributed by atoms with Crippen LogP contribution in [0, 0.1) is 0 Å². The fraction of sp³-hybridized carbons (Fsp3) is 0.250. The van der Waals surface area contributed by atoms with Crippen molar-refractivity contribution in [1.29, 1.82) is 0 Å². The average molecular weight is 305 g/mol.